The third kappa shape index (κ3) is 1.86. The first-order valence-corrected chi connectivity index (χ1v) is 6.80. The summed E-state index contributed by atoms with van der Waals surface area (Å²) in [5, 5.41) is 1.04. The molecule has 0 bridgehead atoms. The van der Waals surface area contributed by atoms with Gasteiger partial charge >= 0.3 is 0 Å². The summed E-state index contributed by atoms with van der Waals surface area (Å²) in [6, 6.07) is 10.1. The van der Waals surface area contributed by atoms with Gasteiger partial charge in [-0.1, -0.05) is 18.2 Å². The minimum atomic E-state index is -0.920. The number of halogens is 2. The molecule has 2 aromatic heterocycles. The van der Waals surface area contributed by atoms with Crippen LogP contribution in [-0.4, -0.2) is 14.5 Å². The van der Waals surface area contributed by atoms with Crippen molar-refractivity contribution in [3.05, 3.63) is 60.4 Å². The normalized spacial score (nSPS) is 11.4. The number of hydrogen-bond donors (Lipinski definition) is 0. The number of rotatable bonds is 1. The van der Waals surface area contributed by atoms with Gasteiger partial charge in [-0.25, -0.2) is 13.8 Å². The molecule has 0 aliphatic carbocycles. The van der Waals surface area contributed by atoms with Crippen molar-refractivity contribution in [1.82, 2.24) is 14.5 Å². The van der Waals surface area contributed by atoms with Crippen LogP contribution >= 0.6 is 0 Å². The molecule has 0 amide bonds. The molecule has 0 saturated carbocycles. The van der Waals surface area contributed by atoms with Crippen molar-refractivity contribution < 1.29 is 8.78 Å². The SMILES string of the molecule is Cn1cc(-c2cnc3cc(F)c(F)cc3n2)c2ccccc21. The Labute approximate surface area is 124 Å². The molecule has 108 valence electrons. The van der Waals surface area contributed by atoms with E-state index in [1.807, 2.05) is 42.1 Å². The van der Waals surface area contributed by atoms with Crippen molar-refractivity contribution >= 4 is 21.9 Å². The van der Waals surface area contributed by atoms with Gasteiger partial charge in [0.2, 0.25) is 0 Å². The molecule has 0 unspecified atom stereocenters. The molecular weight excluding hydrogens is 284 g/mol. The summed E-state index contributed by atoms with van der Waals surface area (Å²) < 4.78 is 28.6. The second-order valence-corrected chi connectivity index (χ2v) is 5.18. The molecule has 3 nitrogen and oxygen atoms in total. The quantitative estimate of drug-likeness (QED) is 0.530. The van der Waals surface area contributed by atoms with Gasteiger partial charge in [-0.05, 0) is 6.07 Å². The Bertz CT molecular complexity index is 1020. The van der Waals surface area contributed by atoms with Crippen molar-refractivity contribution in [1.29, 1.82) is 0 Å². The Morgan fingerprint density at radius 1 is 1.00 bits per heavy atom. The number of aromatic nitrogens is 3. The zero-order valence-corrected chi connectivity index (χ0v) is 11.7. The fourth-order valence-electron chi connectivity index (χ4n) is 2.68. The molecular formula is C17H11F2N3. The smallest absolute Gasteiger partial charge is 0.161 e. The lowest BCUT2D eigenvalue weighted by Crippen LogP contribution is -1.92. The first kappa shape index (κ1) is 12.9. The average molecular weight is 295 g/mol. The van der Waals surface area contributed by atoms with Crippen LogP contribution in [0.5, 0.6) is 0 Å². The Balaban J connectivity index is 1.98. The highest BCUT2D eigenvalue weighted by Gasteiger charge is 2.12. The highest BCUT2D eigenvalue weighted by molar-refractivity contribution is 5.95. The van der Waals surface area contributed by atoms with Crippen molar-refractivity contribution in [2.24, 2.45) is 7.05 Å². The van der Waals surface area contributed by atoms with Crippen LogP contribution < -0.4 is 0 Å². The lowest BCUT2D eigenvalue weighted by molar-refractivity contribution is 0.510. The van der Waals surface area contributed by atoms with Gasteiger partial charge in [0.1, 0.15) is 0 Å². The van der Waals surface area contributed by atoms with Gasteiger partial charge in [-0.3, -0.25) is 4.98 Å². The van der Waals surface area contributed by atoms with E-state index in [2.05, 4.69) is 9.97 Å². The van der Waals surface area contributed by atoms with Crippen LogP contribution in [0.4, 0.5) is 8.78 Å². The standard InChI is InChI=1S/C17H11F2N3/c1-22-9-11(10-4-2-3-5-17(10)22)16-8-20-14-6-12(18)13(19)7-15(14)21-16/h2-9H,1H3. The van der Waals surface area contributed by atoms with Gasteiger partial charge in [0, 0.05) is 41.8 Å². The second kappa shape index (κ2) is 4.59. The van der Waals surface area contributed by atoms with E-state index in [0.29, 0.717) is 16.7 Å². The molecule has 2 heterocycles. The number of aryl methyl sites for hydroxylation is 1. The molecule has 4 aromatic rings. The Morgan fingerprint density at radius 2 is 1.73 bits per heavy atom. The number of hydrogen-bond acceptors (Lipinski definition) is 2. The number of benzene rings is 2. The van der Waals surface area contributed by atoms with Crippen LogP contribution in [0.2, 0.25) is 0 Å². The van der Waals surface area contributed by atoms with Crippen LogP contribution in [0.3, 0.4) is 0 Å². The molecule has 2 aromatic carbocycles. The maximum atomic E-state index is 13.4. The van der Waals surface area contributed by atoms with E-state index >= 15 is 0 Å². The van der Waals surface area contributed by atoms with E-state index in [-0.39, 0.29) is 0 Å². The predicted octanol–water partition coefficient (Wildman–Crippen LogP) is 4.07. The van der Waals surface area contributed by atoms with E-state index < -0.39 is 11.6 Å². The summed E-state index contributed by atoms with van der Waals surface area (Å²) in [7, 11) is 1.95. The van der Waals surface area contributed by atoms with E-state index in [4.69, 9.17) is 0 Å². The Kier molecular flexibility index (Phi) is 2.69. The molecule has 22 heavy (non-hydrogen) atoms. The van der Waals surface area contributed by atoms with Gasteiger partial charge in [0.25, 0.3) is 0 Å². The fraction of sp³-hybridized carbons (Fsp3) is 0.0588. The fourth-order valence-corrected chi connectivity index (χ4v) is 2.68. The van der Waals surface area contributed by atoms with Crippen LogP contribution in [0.25, 0.3) is 33.2 Å². The number of fused-ring (bicyclic) bond motifs is 2. The third-order valence-corrected chi connectivity index (χ3v) is 3.76. The van der Waals surface area contributed by atoms with Gasteiger partial charge in [0.05, 0.1) is 22.9 Å². The summed E-state index contributed by atoms with van der Waals surface area (Å²) in [5.41, 5.74) is 3.30. The monoisotopic (exact) mass is 295 g/mol. The Hall–Kier alpha value is -2.82. The Morgan fingerprint density at radius 3 is 2.55 bits per heavy atom. The van der Waals surface area contributed by atoms with E-state index in [1.165, 1.54) is 0 Å². The van der Waals surface area contributed by atoms with Crippen molar-refractivity contribution in [3.8, 4) is 11.3 Å². The van der Waals surface area contributed by atoms with E-state index in [0.717, 1.165) is 28.6 Å². The molecule has 0 aliphatic heterocycles. The second-order valence-electron chi connectivity index (χ2n) is 5.18. The zero-order valence-electron chi connectivity index (χ0n) is 11.7. The first-order chi connectivity index (χ1) is 10.6. The molecule has 0 spiro atoms. The molecule has 0 N–H and O–H groups in total. The first-order valence-electron chi connectivity index (χ1n) is 6.80. The van der Waals surface area contributed by atoms with Gasteiger partial charge in [-0.2, -0.15) is 0 Å². The minimum absolute atomic E-state index is 0.336. The maximum Gasteiger partial charge on any atom is 0.161 e. The topological polar surface area (TPSA) is 30.7 Å². The summed E-state index contributed by atoms with van der Waals surface area (Å²) in [5.74, 6) is -1.84. The van der Waals surface area contributed by atoms with Gasteiger partial charge in [0.15, 0.2) is 11.6 Å². The number of para-hydroxylation sites is 1. The molecule has 0 atom stereocenters. The summed E-state index contributed by atoms with van der Waals surface area (Å²) in [6.07, 6.45) is 3.54. The zero-order chi connectivity index (χ0) is 15.3. The van der Waals surface area contributed by atoms with Crippen molar-refractivity contribution in [3.63, 3.8) is 0 Å². The van der Waals surface area contributed by atoms with Gasteiger partial charge < -0.3 is 4.57 Å². The summed E-state index contributed by atoms with van der Waals surface area (Å²) >= 11 is 0. The molecule has 0 radical (unpaired) electrons. The molecule has 0 aliphatic rings. The maximum absolute atomic E-state index is 13.4. The number of nitrogens with zero attached hydrogens (tertiary/aromatic N) is 3. The average Bonchev–Trinajstić information content (AvgIpc) is 2.86. The van der Waals surface area contributed by atoms with E-state index in [9.17, 15) is 8.78 Å². The molecule has 5 heteroatoms. The lowest BCUT2D eigenvalue weighted by Gasteiger charge is -2.02. The lowest BCUT2D eigenvalue weighted by atomic mass is 10.1. The van der Waals surface area contributed by atoms with Crippen LogP contribution in [0.15, 0.2) is 48.8 Å². The van der Waals surface area contributed by atoms with Crippen LogP contribution in [0, 0.1) is 11.6 Å². The summed E-state index contributed by atoms with van der Waals surface area (Å²) in [4.78, 5) is 8.63. The minimum Gasteiger partial charge on any atom is -0.350 e. The highest BCUT2D eigenvalue weighted by Crippen LogP contribution is 2.29. The highest BCUT2D eigenvalue weighted by atomic mass is 19.2. The van der Waals surface area contributed by atoms with Crippen LogP contribution in [-0.2, 0) is 7.05 Å². The molecule has 4 rings (SSSR count). The predicted molar refractivity (Wildman–Crippen MR) is 81.4 cm³/mol. The van der Waals surface area contributed by atoms with E-state index in [1.54, 1.807) is 6.20 Å². The third-order valence-electron chi connectivity index (χ3n) is 3.76. The van der Waals surface area contributed by atoms with Crippen molar-refractivity contribution in [2.45, 2.75) is 0 Å². The largest absolute Gasteiger partial charge is 0.350 e. The van der Waals surface area contributed by atoms with Gasteiger partial charge in [-0.15, -0.1) is 0 Å². The molecule has 0 fully saturated rings. The van der Waals surface area contributed by atoms with Crippen LogP contribution in [0.1, 0.15) is 0 Å². The van der Waals surface area contributed by atoms with Crippen molar-refractivity contribution in [2.75, 3.05) is 0 Å². The summed E-state index contributed by atoms with van der Waals surface area (Å²) in [6.45, 7) is 0. The molecule has 0 saturated heterocycles.